The van der Waals surface area contributed by atoms with Gasteiger partial charge >= 0.3 is 5.97 Å². The molecule has 2 aliphatic carbocycles. The summed E-state index contributed by atoms with van der Waals surface area (Å²) in [6, 6.07) is 9.06. The number of aliphatic hydroxyl groups excluding tert-OH is 1. The molecule has 5 rings (SSSR count). The van der Waals surface area contributed by atoms with Gasteiger partial charge in [-0.3, -0.25) is 9.78 Å². The first-order valence-electron chi connectivity index (χ1n) is 10.3. The van der Waals surface area contributed by atoms with Crippen molar-refractivity contribution in [2.45, 2.75) is 29.6 Å². The molecule has 0 bridgehead atoms. The number of hydrogen-bond donors (Lipinski definition) is 3. The molecule has 0 amide bonds. The number of fused-ring (bicyclic) bond motifs is 3. The zero-order valence-electron chi connectivity index (χ0n) is 17.2. The first-order chi connectivity index (χ1) is 15.4. The Bertz CT molecular complexity index is 1130. The van der Waals surface area contributed by atoms with Gasteiger partial charge in [0.1, 0.15) is 17.6 Å². The van der Waals surface area contributed by atoms with Crippen molar-refractivity contribution in [2.75, 3.05) is 7.11 Å². The second-order valence-electron chi connectivity index (χ2n) is 8.36. The Balaban J connectivity index is 1.83. The summed E-state index contributed by atoms with van der Waals surface area (Å²) < 4.78 is 12.9. The maximum atomic E-state index is 12.5. The zero-order chi connectivity index (χ0) is 22.7. The number of hydrogen-bond acceptors (Lipinski definition) is 6. The monoisotopic (exact) mass is 499 g/mol. The van der Waals surface area contributed by atoms with E-state index in [-0.39, 0.29) is 17.1 Å². The number of pyridine rings is 1. The van der Waals surface area contributed by atoms with Gasteiger partial charge in [-0.1, -0.05) is 64.5 Å². The smallest absolute Gasteiger partial charge is 0.310 e. The van der Waals surface area contributed by atoms with E-state index in [1.807, 2.05) is 36.4 Å². The molecule has 0 spiro atoms. The van der Waals surface area contributed by atoms with E-state index in [4.69, 9.17) is 9.47 Å². The molecule has 1 aromatic carbocycles. The number of halogens is 1. The average molecular weight is 500 g/mol. The summed E-state index contributed by atoms with van der Waals surface area (Å²) >= 11 is 3.46. The zero-order valence-corrected chi connectivity index (χ0v) is 18.8. The van der Waals surface area contributed by atoms with Crippen LogP contribution in [0.25, 0.3) is 0 Å². The summed E-state index contributed by atoms with van der Waals surface area (Å²) in [7, 11) is 1.44. The van der Waals surface area contributed by atoms with E-state index in [9.17, 15) is 20.1 Å². The molecule has 1 unspecified atom stereocenters. The van der Waals surface area contributed by atoms with Crippen molar-refractivity contribution in [3.63, 3.8) is 0 Å². The molecular weight excluding hydrogens is 478 g/mol. The first-order valence-corrected chi connectivity index (χ1v) is 11.1. The van der Waals surface area contributed by atoms with E-state index in [1.54, 1.807) is 12.1 Å². The second-order valence-corrected chi connectivity index (χ2v) is 9.28. The Hall–Kier alpha value is -2.68. The number of nitrogens with zero attached hydrogens (tertiary/aromatic N) is 1. The van der Waals surface area contributed by atoms with Crippen LogP contribution in [-0.4, -0.2) is 45.1 Å². The predicted octanol–water partition coefficient (Wildman–Crippen LogP) is 3.12. The molecule has 0 saturated heterocycles. The maximum Gasteiger partial charge on any atom is 0.310 e. The van der Waals surface area contributed by atoms with E-state index in [1.165, 1.54) is 19.5 Å². The van der Waals surface area contributed by atoms with E-state index in [2.05, 4.69) is 20.9 Å². The van der Waals surface area contributed by atoms with E-state index in [0.29, 0.717) is 12.0 Å². The van der Waals surface area contributed by atoms with Crippen LogP contribution >= 0.6 is 15.9 Å². The minimum Gasteiger partial charge on any atom is -0.495 e. The average Bonchev–Trinajstić information content (AvgIpc) is 3.18. The number of methoxy groups -OCH3 is 1. The van der Waals surface area contributed by atoms with Crippen molar-refractivity contribution in [2.24, 2.45) is 11.8 Å². The normalized spacial score (nSPS) is 34.9. The van der Waals surface area contributed by atoms with Gasteiger partial charge in [0.05, 0.1) is 31.0 Å². The van der Waals surface area contributed by atoms with E-state index < -0.39 is 41.0 Å². The lowest BCUT2D eigenvalue weighted by molar-refractivity contribution is -0.166. The lowest BCUT2D eigenvalue weighted by Crippen LogP contribution is -2.58. The van der Waals surface area contributed by atoms with Crippen molar-refractivity contribution in [1.82, 2.24) is 4.98 Å². The summed E-state index contributed by atoms with van der Waals surface area (Å²) in [6.07, 6.45) is 7.43. The number of carboxylic acids is 1. The van der Waals surface area contributed by atoms with Gasteiger partial charge < -0.3 is 24.8 Å². The number of aromatic nitrogens is 1. The van der Waals surface area contributed by atoms with Crippen molar-refractivity contribution < 1.29 is 29.6 Å². The Morgan fingerprint density at radius 2 is 2.03 bits per heavy atom. The summed E-state index contributed by atoms with van der Waals surface area (Å²) in [5.74, 6) is -3.29. The lowest BCUT2D eigenvalue weighted by Gasteiger charge is -2.45. The number of aliphatic hydroxyl groups is 2. The third-order valence-electron chi connectivity index (χ3n) is 6.99. The van der Waals surface area contributed by atoms with Crippen molar-refractivity contribution >= 4 is 21.9 Å². The fourth-order valence-electron chi connectivity index (χ4n) is 5.77. The number of aliphatic carboxylic acids is 1. The molecule has 6 atom stereocenters. The molecule has 2 aromatic rings. The third-order valence-corrected chi connectivity index (χ3v) is 7.58. The Morgan fingerprint density at radius 3 is 2.66 bits per heavy atom. The molecule has 166 valence electrons. The SMILES string of the molecule is COc1cncc2c1[C@]1(O)[C@H](O)[C@H](C(=O)O)[C@@H](c3ccccc3)[C@]1(C1C=CC(Br)=CC1)O2. The second kappa shape index (κ2) is 7.43. The summed E-state index contributed by atoms with van der Waals surface area (Å²) in [6.45, 7) is 0. The van der Waals surface area contributed by atoms with Gasteiger partial charge in [0.2, 0.25) is 0 Å². The highest BCUT2D eigenvalue weighted by Crippen LogP contribution is 2.68. The topological polar surface area (TPSA) is 109 Å². The highest BCUT2D eigenvalue weighted by atomic mass is 79.9. The highest BCUT2D eigenvalue weighted by molar-refractivity contribution is 9.11. The Labute approximate surface area is 193 Å². The predicted molar refractivity (Wildman–Crippen MR) is 119 cm³/mol. The van der Waals surface area contributed by atoms with Crippen LogP contribution in [0.3, 0.4) is 0 Å². The van der Waals surface area contributed by atoms with Gasteiger partial charge in [0.15, 0.2) is 11.2 Å². The van der Waals surface area contributed by atoms with Gasteiger partial charge in [-0.2, -0.15) is 0 Å². The number of carbonyl (C=O) groups is 1. The minimum absolute atomic E-state index is 0.231. The first kappa shape index (κ1) is 21.2. The number of carboxylic acid groups (broad SMARTS) is 1. The van der Waals surface area contributed by atoms with Crippen molar-refractivity contribution in [3.05, 3.63) is 76.6 Å². The van der Waals surface area contributed by atoms with Gasteiger partial charge in [0, 0.05) is 16.3 Å². The Kier molecular flexibility index (Phi) is 4.92. The van der Waals surface area contributed by atoms with Crippen LogP contribution in [0, 0.1) is 11.8 Å². The molecule has 0 radical (unpaired) electrons. The van der Waals surface area contributed by atoms with Crippen molar-refractivity contribution in [1.29, 1.82) is 0 Å². The molecule has 1 fully saturated rings. The molecule has 3 N–H and O–H groups in total. The molecule has 32 heavy (non-hydrogen) atoms. The van der Waals surface area contributed by atoms with Crippen LogP contribution in [0.5, 0.6) is 11.5 Å². The molecule has 7 nitrogen and oxygen atoms in total. The fraction of sp³-hybridized carbons (Fsp3) is 0.333. The van der Waals surface area contributed by atoms with Gasteiger partial charge in [-0.05, 0) is 12.0 Å². The number of ether oxygens (including phenoxy) is 2. The van der Waals surface area contributed by atoms with Crippen LogP contribution in [0.15, 0.2) is 65.4 Å². The van der Waals surface area contributed by atoms with Crippen LogP contribution in [-0.2, 0) is 10.4 Å². The quantitative estimate of drug-likeness (QED) is 0.592. The van der Waals surface area contributed by atoms with Gasteiger partial charge in [-0.25, -0.2) is 0 Å². The lowest BCUT2D eigenvalue weighted by atomic mass is 9.66. The standard InChI is InChI=1S/C24H22BrNO6/c1-31-16-11-26-12-17-20(16)23(30)21(27)18(22(28)29)19(13-5-3-2-4-6-13)24(23,32-17)14-7-9-15(25)10-8-14/h2-7,9-12,14,18-19,21,27,30H,8H2,1H3,(H,28,29)/t14?,18-,19-,21-,23+,24+/m1/s1. The summed E-state index contributed by atoms with van der Waals surface area (Å²) in [4.78, 5) is 16.7. The van der Waals surface area contributed by atoms with E-state index in [0.717, 1.165) is 4.48 Å². The number of rotatable bonds is 4. The Morgan fingerprint density at radius 1 is 1.28 bits per heavy atom. The third kappa shape index (κ3) is 2.60. The fourth-order valence-corrected chi connectivity index (χ4v) is 6.11. The van der Waals surface area contributed by atoms with Crippen LogP contribution in [0.1, 0.15) is 23.5 Å². The molecule has 1 aromatic heterocycles. The van der Waals surface area contributed by atoms with Gasteiger partial charge in [-0.15, -0.1) is 0 Å². The van der Waals surface area contributed by atoms with Crippen LogP contribution in [0.2, 0.25) is 0 Å². The van der Waals surface area contributed by atoms with E-state index >= 15 is 0 Å². The molecule has 2 heterocycles. The summed E-state index contributed by atoms with van der Waals surface area (Å²) in [5.41, 5.74) is -2.66. The molecular formula is C24H22BrNO6. The minimum atomic E-state index is -2.05. The molecule has 1 saturated carbocycles. The van der Waals surface area contributed by atoms with Crippen LogP contribution < -0.4 is 9.47 Å². The molecule has 1 aliphatic heterocycles. The van der Waals surface area contributed by atoms with Gasteiger partial charge in [0.25, 0.3) is 0 Å². The maximum absolute atomic E-state index is 12.5. The molecule has 3 aliphatic rings. The summed E-state index contributed by atoms with van der Waals surface area (Å²) in [5, 5.41) is 34.1. The largest absolute Gasteiger partial charge is 0.495 e. The number of benzene rings is 1. The highest BCUT2D eigenvalue weighted by Gasteiger charge is 2.79. The van der Waals surface area contributed by atoms with Crippen LogP contribution in [0.4, 0.5) is 0 Å². The molecule has 8 heteroatoms. The number of allylic oxidation sites excluding steroid dienone is 3. The van der Waals surface area contributed by atoms with Crippen molar-refractivity contribution in [3.8, 4) is 11.5 Å².